The van der Waals surface area contributed by atoms with Crippen LogP contribution >= 0.6 is 11.8 Å². The van der Waals surface area contributed by atoms with Gasteiger partial charge in [-0.2, -0.15) is 0 Å². The summed E-state index contributed by atoms with van der Waals surface area (Å²) >= 11 is 0.781. The quantitative estimate of drug-likeness (QED) is 0.0244. The number of benzene rings is 3. The van der Waals surface area contributed by atoms with Crippen molar-refractivity contribution in [1.82, 2.24) is 97.6 Å². The summed E-state index contributed by atoms with van der Waals surface area (Å²) in [5, 5.41) is 59.5. The van der Waals surface area contributed by atoms with Gasteiger partial charge in [0.15, 0.2) is 0 Å². The zero-order valence-corrected chi connectivity index (χ0v) is 78.0. The number of carboxylic acids is 2. The minimum absolute atomic E-state index is 0.000282. The summed E-state index contributed by atoms with van der Waals surface area (Å²) in [6, 6.07) is -1.80. The van der Waals surface area contributed by atoms with Gasteiger partial charge in [0.05, 0.1) is 38.3 Å². The van der Waals surface area contributed by atoms with Gasteiger partial charge in [0.25, 0.3) is 0 Å². The second-order valence-corrected chi connectivity index (χ2v) is 35.3. The molecule has 9 rings (SSSR count). The number of nitrogens with two attached hydrogens (primary N) is 3. The lowest BCUT2D eigenvalue weighted by molar-refractivity contribution is -0.149. The molecule has 0 bridgehead atoms. The van der Waals surface area contributed by atoms with E-state index in [1.54, 1.807) is 85.2 Å². The normalized spacial score (nSPS) is 24.6. The molecular weight excluding hydrogens is 1790 g/mol. The molecule has 3 fully saturated rings. The van der Waals surface area contributed by atoms with Crippen LogP contribution in [0.2, 0.25) is 0 Å². The fraction of sp³-hybridized carbons (Fsp3) is 0.527. The van der Waals surface area contributed by atoms with Crippen molar-refractivity contribution in [2.75, 3.05) is 72.5 Å². The molecule has 44 nitrogen and oxygen atoms in total. The molecule has 0 unspecified atom stereocenters. The minimum Gasteiger partial charge on any atom is -0.497 e. The van der Waals surface area contributed by atoms with Crippen LogP contribution in [0.3, 0.4) is 0 Å². The van der Waals surface area contributed by atoms with Gasteiger partial charge >= 0.3 is 11.9 Å². The highest BCUT2D eigenvalue weighted by Gasteiger charge is 2.47. The van der Waals surface area contributed by atoms with Gasteiger partial charge in [0, 0.05) is 125 Å². The number of imidazole rings is 1. The number of para-hydroxylation sites is 2. The van der Waals surface area contributed by atoms with Gasteiger partial charge in [0.2, 0.25) is 94.5 Å². The number of methoxy groups -OCH3 is 1. The smallest absolute Gasteiger partial charge is 0.305 e. The Morgan fingerprint density at radius 2 is 1.07 bits per heavy atom. The number of hydrogen-bond donors (Lipinski definition) is 19. The summed E-state index contributed by atoms with van der Waals surface area (Å²) in [5.41, 5.74) is 20.7. The summed E-state index contributed by atoms with van der Waals surface area (Å²) in [7, 11) is 5.36. The van der Waals surface area contributed by atoms with Crippen LogP contribution in [0.4, 0.5) is 0 Å². The zero-order chi connectivity index (χ0) is 99.1. The maximum Gasteiger partial charge on any atom is 0.305 e. The van der Waals surface area contributed by atoms with Gasteiger partial charge in [-0.05, 0) is 112 Å². The lowest BCUT2D eigenvalue weighted by atomic mass is 9.99. The Morgan fingerprint density at radius 1 is 0.529 bits per heavy atom. The Morgan fingerprint density at radius 3 is 1.66 bits per heavy atom. The fourth-order valence-electron chi connectivity index (χ4n) is 16.8. The molecule has 6 aromatic rings. The average Bonchev–Trinajstić information content (AvgIpc) is 1.62. The number of rotatable bonds is 28. The number of carbonyl (C=O) groups is 18. The third-order valence-electron chi connectivity index (χ3n) is 24.4. The Labute approximate surface area is 789 Å². The molecule has 16 amide bonds. The van der Waals surface area contributed by atoms with Crippen LogP contribution in [0.5, 0.6) is 5.75 Å². The molecule has 3 aliphatic heterocycles. The molecule has 15 atom stereocenters. The summed E-state index contributed by atoms with van der Waals surface area (Å²) in [4.78, 5) is 281. The first-order chi connectivity index (χ1) is 65.0. The number of aromatic nitrogens is 4. The van der Waals surface area contributed by atoms with Crippen LogP contribution in [-0.2, 0) is 112 Å². The zero-order valence-electron chi connectivity index (χ0n) is 77.2. The van der Waals surface area contributed by atoms with Gasteiger partial charge in [-0.15, -0.1) is 11.8 Å². The van der Waals surface area contributed by atoms with Crippen molar-refractivity contribution in [3.05, 3.63) is 120 Å². The molecule has 3 aromatic carbocycles. The third kappa shape index (κ3) is 29.2. The van der Waals surface area contributed by atoms with Crippen molar-refractivity contribution in [2.24, 2.45) is 17.2 Å². The first kappa shape index (κ1) is 106. The number of fused-ring (bicyclic) bond motifs is 4. The third-order valence-corrected chi connectivity index (χ3v) is 25.5. The van der Waals surface area contributed by atoms with Crippen LogP contribution in [0, 0.1) is 0 Å². The van der Waals surface area contributed by atoms with E-state index < -0.39 is 254 Å². The highest BCUT2D eigenvalue weighted by atomic mass is 32.2. The minimum atomic E-state index is -1.93. The van der Waals surface area contributed by atoms with Crippen molar-refractivity contribution < 1.29 is 106 Å². The molecule has 738 valence electrons. The number of nitrogens with zero attached hydrogens (tertiary/aromatic N) is 6. The van der Waals surface area contributed by atoms with Crippen molar-refractivity contribution in [3.63, 3.8) is 0 Å². The van der Waals surface area contributed by atoms with Crippen molar-refractivity contribution in [2.45, 2.75) is 233 Å². The van der Waals surface area contributed by atoms with E-state index in [-0.39, 0.29) is 89.5 Å². The molecule has 3 saturated heterocycles. The van der Waals surface area contributed by atoms with Gasteiger partial charge in [-0.25, -0.2) is 4.98 Å². The van der Waals surface area contributed by atoms with Crippen molar-refractivity contribution in [3.8, 4) is 5.75 Å². The monoisotopic (exact) mass is 1910 g/mol. The van der Waals surface area contributed by atoms with Gasteiger partial charge < -0.3 is 130 Å². The predicted octanol–water partition coefficient (Wildman–Crippen LogP) is -2.38. The number of primary amides is 1. The summed E-state index contributed by atoms with van der Waals surface area (Å²) in [6.07, 6.45) is 1.58. The predicted molar refractivity (Wildman–Crippen MR) is 496 cm³/mol. The topological polar surface area (TPSA) is 652 Å². The first-order valence-electron chi connectivity index (χ1n) is 45.5. The molecule has 22 N–H and O–H groups in total. The molecule has 0 spiro atoms. The maximum absolute atomic E-state index is 15.8. The number of aliphatic hydroxyl groups is 1. The number of H-pyrrole nitrogens is 3. The Hall–Kier alpha value is -13.6. The molecular formula is C91H126N22O22S. The molecule has 136 heavy (non-hydrogen) atoms. The van der Waals surface area contributed by atoms with Crippen molar-refractivity contribution in [1.29, 1.82) is 0 Å². The van der Waals surface area contributed by atoms with Crippen LogP contribution in [0.25, 0.3) is 21.8 Å². The average molecular weight is 1910 g/mol. The largest absolute Gasteiger partial charge is 0.497 e. The number of thioether (sulfide) groups is 1. The summed E-state index contributed by atoms with van der Waals surface area (Å²) in [5.74, 6) is -18.9. The second kappa shape index (κ2) is 51.2. The summed E-state index contributed by atoms with van der Waals surface area (Å²) < 4.78 is 5.34. The van der Waals surface area contributed by atoms with Crippen molar-refractivity contribution >= 4 is 140 Å². The standard InChI is InChI=1S/C91H126N22O22S/c1-8-10-23-70-84(127)102-61(22-16-33-92)80(123)108-69(79(122)98-45-74(94)115)47-136-48-75(116)100-66(36-51-26-28-56(135-7)29-27-51)87(130)109(4)50(3)78(121)106-68(41-77(119)120)90(133)112-35-17-25-71(112)85(128)105-65(39-54-44-95-49-99-54)83(126)103-63(30-31-76(117)118)89(132)113-46-55(114)40-73(113)86(129)104-64(37-52-42-96-59-20-14-12-18-57(52)59)82(125)101-62(32-34-93)81(124)107-67(38-53-43-97-60-21-15-13-19-58(53)60)88(131)111(6)72(24-11-9-2)91(134)110(70)5/h12-15,18-21,26-29,42-44,49-50,55,61-73,96-97,114H,8-11,16-17,22-25,30-41,45-48,92-93H2,1-7H3,(H2,94,115)(H,95,99)(H,98,122)(H,100,116)(H,101,125)(H,102,127)(H,103,126)(H,104,129)(H,105,128)(H,106,121)(H,107,124)(H,108,123)(H,117,118)(H,119,120)/t50-,55+,61-,62-,63-,64-,65-,66-,67-,68-,69-,70-,71-,72-,73-/m0/s1. The van der Waals surface area contributed by atoms with E-state index in [4.69, 9.17) is 21.9 Å². The highest BCUT2D eigenvalue weighted by Crippen LogP contribution is 2.28. The molecule has 6 heterocycles. The first-order valence-corrected chi connectivity index (χ1v) is 46.6. The molecule has 0 aliphatic carbocycles. The van der Waals surface area contributed by atoms with E-state index in [2.05, 4.69) is 73.1 Å². The number of aliphatic carboxylic acids is 2. The molecule has 0 saturated carbocycles. The number of nitrogens with one attached hydrogen (secondary N) is 13. The number of likely N-dealkylation sites (N-methyl/N-ethyl adjacent to an activating group) is 3. The molecule has 3 aliphatic rings. The van der Waals surface area contributed by atoms with Crippen LogP contribution in [-0.4, -0.2) is 329 Å². The molecule has 0 radical (unpaired) electrons. The number of aliphatic hydroxyl groups excluding tert-OH is 1. The number of hydrogen-bond acceptors (Lipinski definition) is 24. The number of amides is 16. The maximum atomic E-state index is 15.8. The van der Waals surface area contributed by atoms with Crippen LogP contribution in [0.15, 0.2) is 97.7 Å². The molecule has 3 aromatic heterocycles. The van der Waals surface area contributed by atoms with E-state index in [9.17, 15) is 63.3 Å². The van der Waals surface area contributed by atoms with Crippen LogP contribution in [0.1, 0.15) is 139 Å². The SMILES string of the molecule is CCCC[C@H]1C(=O)N(C)[C@@H](CCCC)C(=O)N[C@@H](CCCN)C(=O)N[C@H](C(=O)NCC(N)=O)CSCC(=O)N[C@@H](Cc2ccc(OC)cc2)C(=O)N(C)[C@@H](C)C(=O)N[C@@H](CC(=O)O)C(=O)N2CCC[C@H]2C(=O)N[C@@H](Cc2cnc[nH]2)C(=O)N[C@@H](CCC(=O)O)C(=O)N2C[C@H](O)C[C@H]2C(=O)N[C@@H](Cc2c[nH]c3ccccc23)C(=O)N[C@@H](CCN)C(=O)N[C@@H](Cc2c[nH]c3ccccc23)C(=O)N1C. The number of ether oxygens (including phenoxy) is 1. The molecule has 45 heteroatoms. The van der Waals surface area contributed by atoms with Gasteiger partial charge in [0.1, 0.15) is 90.3 Å². The van der Waals surface area contributed by atoms with Gasteiger partial charge in [-0.1, -0.05) is 88.1 Å². The van der Waals surface area contributed by atoms with E-state index >= 15 is 38.4 Å². The van der Waals surface area contributed by atoms with Crippen LogP contribution < -0.4 is 75.1 Å². The van der Waals surface area contributed by atoms with E-state index in [1.165, 1.54) is 57.5 Å². The number of carbonyl (C=O) groups excluding carboxylic acids is 16. The Kier molecular flexibility index (Phi) is 40.0. The number of aromatic amines is 3. The Balaban J connectivity index is 1.11. The Bertz CT molecular complexity index is 5230. The lowest BCUT2D eigenvalue weighted by Gasteiger charge is -2.36. The summed E-state index contributed by atoms with van der Waals surface area (Å²) in [6.45, 7) is 3.19. The van der Waals surface area contributed by atoms with E-state index in [1.807, 2.05) is 13.8 Å². The second-order valence-electron chi connectivity index (χ2n) is 34.2. The van der Waals surface area contributed by atoms with Gasteiger partial charge in [-0.3, -0.25) is 86.3 Å². The number of carboxylic acid groups (broad SMARTS) is 2. The van der Waals surface area contributed by atoms with E-state index in [0.29, 0.717) is 69.9 Å². The highest BCUT2D eigenvalue weighted by molar-refractivity contribution is 8.00. The number of unbranched alkanes of at least 4 members (excludes halogenated alkanes) is 2. The fourth-order valence-corrected chi connectivity index (χ4v) is 17.6. The van der Waals surface area contributed by atoms with E-state index in [0.717, 1.165) is 26.5 Å². The lowest BCUT2D eigenvalue weighted by Crippen LogP contribution is -2.61.